The average Bonchev–Trinajstić information content (AvgIpc) is 2.67. The van der Waals surface area contributed by atoms with Gasteiger partial charge in [-0.1, -0.05) is 39.3 Å². The first-order chi connectivity index (χ1) is 13.8. The molecule has 0 aliphatic rings. The molecule has 1 heterocycles. The molecule has 0 aliphatic carbocycles. The van der Waals surface area contributed by atoms with E-state index in [1.54, 1.807) is 7.05 Å². The number of nitrogens with one attached hydrogen (secondary N) is 2. The number of carbonyl (C=O) groups is 1. The van der Waals surface area contributed by atoms with Crippen LogP contribution in [0.3, 0.4) is 0 Å². The van der Waals surface area contributed by atoms with E-state index in [-0.39, 0.29) is 24.0 Å². The molecule has 1 unspecified atom stereocenters. The quantitative estimate of drug-likeness (QED) is 0.597. The van der Waals surface area contributed by atoms with Gasteiger partial charge in [-0.25, -0.2) is 4.79 Å². The molecule has 158 valence electrons. The van der Waals surface area contributed by atoms with Gasteiger partial charge in [0.05, 0.1) is 6.54 Å². The molecule has 0 radical (unpaired) electrons. The number of likely N-dealkylation sites (N-methyl/N-ethyl adjacent to an activating group) is 1. The van der Waals surface area contributed by atoms with E-state index in [1.165, 1.54) is 15.0 Å². The number of anilines is 3. The fourth-order valence-electron chi connectivity index (χ4n) is 3.11. The van der Waals surface area contributed by atoms with E-state index in [0.29, 0.717) is 18.2 Å². The Bertz CT molecular complexity index is 946. The molecule has 1 atom stereocenters. The third-order valence-electron chi connectivity index (χ3n) is 5.09. The van der Waals surface area contributed by atoms with Crippen molar-refractivity contribution in [2.45, 2.75) is 52.5 Å². The van der Waals surface area contributed by atoms with Gasteiger partial charge >= 0.3 is 5.69 Å². The Morgan fingerprint density at radius 2 is 1.90 bits per heavy atom. The van der Waals surface area contributed by atoms with E-state index in [4.69, 9.17) is 5.73 Å². The average molecular weight is 402 g/mol. The van der Waals surface area contributed by atoms with Gasteiger partial charge in [-0.05, 0) is 36.5 Å². The van der Waals surface area contributed by atoms with Crippen molar-refractivity contribution >= 4 is 23.1 Å². The highest BCUT2D eigenvalue weighted by atomic mass is 16.2. The number of aromatic nitrogens is 2. The van der Waals surface area contributed by atoms with Crippen LogP contribution in [0.4, 0.5) is 17.2 Å². The fourth-order valence-corrected chi connectivity index (χ4v) is 3.11. The number of nitrogens with zero attached hydrogens (tertiary/aromatic N) is 2. The molecule has 0 bridgehead atoms. The Labute approximate surface area is 170 Å². The number of hydrogen-bond acceptors (Lipinski definition) is 5. The first kappa shape index (κ1) is 22.3. The summed E-state index contributed by atoms with van der Waals surface area (Å²) < 4.78 is 1.34. The van der Waals surface area contributed by atoms with Crippen molar-refractivity contribution in [2.24, 2.45) is 0 Å². The second-order valence-electron chi connectivity index (χ2n) is 7.33. The van der Waals surface area contributed by atoms with Gasteiger partial charge in [-0.3, -0.25) is 19.1 Å². The highest BCUT2D eigenvalue weighted by molar-refractivity contribution is 5.94. The number of benzene rings is 1. The predicted octanol–water partition coefficient (Wildman–Crippen LogP) is 2.51. The molecule has 0 spiro atoms. The number of H-pyrrole nitrogens is 1. The summed E-state index contributed by atoms with van der Waals surface area (Å²) in [6, 6.07) is 7.73. The molecule has 29 heavy (non-hydrogen) atoms. The standard InChI is InChI=1S/C21H31N5O3/c1-5-7-12-26-19(22)18(20(28)24-21(26)29)25(4)13-17(27)23-16-10-8-15(9-11-16)14(3)6-2/h8-11,14H,5-7,12-13,22H2,1-4H3,(H,23,27)(H,24,28,29). The largest absolute Gasteiger partial charge is 0.383 e. The molecule has 0 aliphatic heterocycles. The van der Waals surface area contributed by atoms with Crippen LogP contribution in [0, 0.1) is 0 Å². The van der Waals surface area contributed by atoms with Crippen molar-refractivity contribution in [3.05, 3.63) is 50.7 Å². The van der Waals surface area contributed by atoms with Gasteiger partial charge in [-0.2, -0.15) is 0 Å². The van der Waals surface area contributed by atoms with Crippen LogP contribution < -0.4 is 27.2 Å². The van der Waals surface area contributed by atoms with Crippen LogP contribution in [0.2, 0.25) is 0 Å². The topological polar surface area (TPSA) is 113 Å². The maximum atomic E-state index is 12.4. The molecule has 1 aromatic heterocycles. The zero-order valence-corrected chi connectivity index (χ0v) is 17.6. The van der Waals surface area contributed by atoms with E-state index >= 15 is 0 Å². The molecule has 1 aromatic carbocycles. The Morgan fingerprint density at radius 1 is 1.24 bits per heavy atom. The maximum Gasteiger partial charge on any atom is 0.330 e. The van der Waals surface area contributed by atoms with Gasteiger partial charge in [-0.15, -0.1) is 0 Å². The van der Waals surface area contributed by atoms with Crippen LogP contribution in [0.1, 0.15) is 51.5 Å². The van der Waals surface area contributed by atoms with Gasteiger partial charge in [0.2, 0.25) is 5.91 Å². The number of aromatic amines is 1. The van der Waals surface area contributed by atoms with Crippen LogP contribution in [-0.2, 0) is 11.3 Å². The Hall–Kier alpha value is -3.03. The highest BCUT2D eigenvalue weighted by Gasteiger charge is 2.18. The van der Waals surface area contributed by atoms with Crippen molar-refractivity contribution in [3.8, 4) is 0 Å². The van der Waals surface area contributed by atoms with E-state index in [2.05, 4.69) is 24.1 Å². The molecule has 8 heteroatoms. The third kappa shape index (κ3) is 5.49. The van der Waals surface area contributed by atoms with Crippen LogP contribution in [0.5, 0.6) is 0 Å². The minimum absolute atomic E-state index is 0.0698. The molecule has 0 saturated carbocycles. The Morgan fingerprint density at radius 3 is 2.48 bits per heavy atom. The lowest BCUT2D eigenvalue weighted by atomic mass is 9.99. The number of nitrogens with two attached hydrogens (primary N) is 1. The first-order valence-corrected chi connectivity index (χ1v) is 10.0. The van der Waals surface area contributed by atoms with Gasteiger partial charge < -0.3 is 16.0 Å². The van der Waals surface area contributed by atoms with E-state index in [9.17, 15) is 14.4 Å². The number of carbonyl (C=O) groups excluding carboxylic acids is 1. The van der Waals surface area contributed by atoms with Gasteiger partial charge in [0.25, 0.3) is 5.56 Å². The predicted molar refractivity (Wildman–Crippen MR) is 118 cm³/mol. The van der Waals surface area contributed by atoms with Crippen molar-refractivity contribution in [1.82, 2.24) is 9.55 Å². The van der Waals surface area contributed by atoms with Crippen molar-refractivity contribution in [3.63, 3.8) is 0 Å². The molecule has 0 fully saturated rings. The number of nitrogen functional groups attached to an aromatic ring is 1. The minimum atomic E-state index is -0.603. The molecular weight excluding hydrogens is 370 g/mol. The summed E-state index contributed by atoms with van der Waals surface area (Å²) in [6.45, 7) is 6.62. The van der Waals surface area contributed by atoms with Gasteiger partial charge in [0.1, 0.15) is 11.5 Å². The number of amides is 1. The summed E-state index contributed by atoms with van der Waals surface area (Å²) in [5.41, 5.74) is 6.96. The smallest absolute Gasteiger partial charge is 0.330 e. The molecule has 8 nitrogen and oxygen atoms in total. The third-order valence-corrected chi connectivity index (χ3v) is 5.09. The van der Waals surface area contributed by atoms with Crippen LogP contribution in [0.25, 0.3) is 0 Å². The Kier molecular flexibility index (Phi) is 7.64. The van der Waals surface area contributed by atoms with E-state index in [0.717, 1.165) is 19.3 Å². The number of rotatable bonds is 9. The van der Waals surface area contributed by atoms with Gasteiger partial charge in [0, 0.05) is 19.3 Å². The van der Waals surface area contributed by atoms with E-state index in [1.807, 2.05) is 31.2 Å². The Balaban J connectivity index is 2.13. The van der Waals surface area contributed by atoms with Crippen molar-refractivity contribution in [2.75, 3.05) is 29.5 Å². The maximum absolute atomic E-state index is 12.4. The summed E-state index contributed by atoms with van der Waals surface area (Å²) in [6.07, 6.45) is 2.69. The summed E-state index contributed by atoms with van der Waals surface area (Å²) >= 11 is 0. The normalized spacial score (nSPS) is 11.9. The summed E-state index contributed by atoms with van der Waals surface area (Å²) in [5.74, 6) is 0.248. The monoisotopic (exact) mass is 401 g/mol. The molecule has 0 saturated heterocycles. The van der Waals surface area contributed by atoms with Crippen LogP contribution in [0.15, 0.2) is 33.9 Å². The minimum Gasteiger partial charge on any atom is -0.383 e. The van der Waals surface area contributed by atoms with E-state index < -0.39 is 11.2 Å². The lowest BCUT2D eigenvalue weighted by Gasteiger charge is -2.21. The second-order valence-corrected chi connectivity index (χ2v) is 7.33. The van der Waals surface area contributed by atoms with Gasteiger partial charge in [0.15, 0.2) is 0 Å². The summed E-state index contributed by atoms with van der Waals surface area (Å²) in [7, 11) is 1.60. The van der Waals surface area contributed by atoms with Crippen molar-refractivity contribution < 1.29 is 4.79 Å². The molecule has 4 N–H and O–H groups in total. The molecular formula is C21H31N5O3. The SMILES string of the molecule is CCCCn1c(N)c(N(C)CC(=O)Nc2ccc(C(C)CC)cc2)c(=O)[nH]c1=O. The van der Waals surface area contributed by atoms with Crippen LogP contribution in [-0.4, -0.2) is 29.1 Å². The highest BCUT2D eigenvalue weighted by Crippen LogP contribution is 2.21. The van der Waals surface area contributed by atoms with Crippen LogP contribution >= 0.6 is 0 Å². The zero-order chi connectivity index (χ0) is 21.6. The molecule has 2 rings (SSSR count). The number of hydrogen-bond donors (Lipinski definition) is 3. The first-order valence-electron chi connectivity index (χ1n) is 10.0. The zero-order valence-electron chi connectivity index (χ0n) is 17.6. The second kappa shape index (κ2) is 9.95. The molecule has 1 amide bonds. The number of unbranched alkanes of at least 4 members (excludes halogenated alkanes) is 1. The lowest BCUT2D eigenvalue weighted by molar-refractivity contribution is -0.114. The fraction of sp³-hybridized carbons (Fsp3) is 0.476. The summed E-state index contributed by atoms with van der Waals surface area (Å²) in [4.78, 5) is 40.5. The lowest BCUT2D eigenvalue weighted by Crippen LogP contribution is -2.39. The summed E-state index contributed by atoms with van der Waals surface area (Å²) in [5, 5.41) is 2.82. The van der Waals surface area contributed by atoms with Crippen molar-refractivity contribution in [1.29, 1.82) is 0 Å². The molecule has 2 aromatic rings.